The zero-order valence-corrected chi connectivity index (χ0v) is 7.33. The molecule has 0 aliphatic heterocycles. The van der Waals surface area contributed by atoms with Gasteiger partial charge in [-0.05, 0) is 30.2 Å². The van der Waals surface area contributed by atoms with Crippen molar-refractivity contribution in [1.82, 2.24) is 0 Å². The molecule has 1 rings (SSSR count). The van der Waals surface area contributed by atoms with Crippen molar-refractivity contribution in [3.63, 3.8) is 0 Å². The van der Waals surface area contributed by atoms with E-state index in [1.165, 1.54) is 18.2 Å². The fourth-order valence-corrected chi connectivity index (χ4v) is 1.23. The van der Waals surface area contributed by atoms with Crippen LogP contribution in [0.4, 0.5) is 4.39 Å². The lowest BCUT2D eigenvalue weighted by atomic mass is 10.0. The van der Waals surface area contributed by atoms with Gasteiger partial charge in [-0.1, -0.05) is 6.07 Å². The van der Waals surface area contributed by atoms with E-state index in [9.17, 15) is 14.3 Å². The number of aryl methyl sites for hydroxylation is 1. The molecule has 0 saturated carbocycles. The largest absolute Gasteiger partial charge is 0.388 e. The van der Waals surface area contributed by atoms with E-state index in [-0.39, 0.29) is 12.2 Å². The van der Waals surface area contributed by atoms with Crippen LogP contribution in [0.25, 0.3) is 0 Å². The van der Waals surface area contributed by atoms with Gasteiger partial charge in [0.25, 0.3) is 0 Å². The summed E-state index contributed by atoms with van der Waals surface area (Å²) in [5, 5.41) is 9.44. The summed E-state index contributed by atoms with van der Waals surface area (Å²) in [6.45, 7) is 1.70. The molecule has 0 amide bonds. The Morgan fingerprint density at radius 2 is 2.31 bits per heavy atom. The van der Waals surface area contributed by atoms with Crippen molar-refractivity contribution in [3.8, 4) is 0 Å². The SMILES string of the molecule is Cc1cc(F)ccc1C(O)CC=O. The lowest BCUT2D eigenvalue weighted by Crippen LogP contribution is -2.00. The molecule has 0 fully saturated rings. The van der Waals surface area contributed by atoms with Crippen molar-refractivity contribution in [2.24, 2.45) is 0 Å². The van der Waals surface area contributed by atoms with E-state index in [4.69, 9.17) is 0 Å². The lowest BCUT2D eigenvalue weighted by Gasteiger charge is -2.10. The zero-order chi connectivity index (χ0) is 9.84. The summed E-state index contributed by atoms with van der Waals surface area (Å²) in [5.74, 6) is -0.334. The van der Waals surface area contributed by atoms with Crippen LogP contribution in [0.2, 0.25) is 0 Å². The summed E-state index contributed by atoms with van der Waals surface area (Å²) in [5.41, 5.74) is 1.27. The van der Waals surface area contributed by atoms with Crippen LogP contribution in [0.1, 0.15) is 23.7 Å². The predicted molar refractivity (Wildman–Crippen MR) is 46.8 cm³/mol. The van der Waals surface area contributed by atoms with Gasteiger partial charge in [0.1, 0.15) is 12.1 Å². The molecule has 1 aromatic rings. The van der Waals surface area contributed by atoms with E-state index in [0.29, 0.717) is 17.4 Å². The molecule has 1 atom stereocenters. The van der Waals surface area contributed by atoms with E-state index in [1.54, 1.807) is 6.92 Å². The number of hydrogen-bond acceptors (Lipinski definition) is 2. The lowest BCUT2D eigenvalue weighted by molar-refractivity contribution is -0.109. The Labute approximate surface area is 76.0 Å². The van der Waals surface area contributed by atoms with Gasteiger partial charge in [0.15, 0.2) is 0 Å². The molecule has 0 heterocycles. The Bertz CT molecular complexity index is 310. The maximum atomic E-state index is 12.6. The summed E-state index contributed by atoms with van der Waals surface area (Å²) in [7, 11) is 0. The first-order chi connectivity index (χ1) is 6.15. The summed E-state index contributed by atoms with van der Waals surface area (Å²) in [6, 6.07) is 4.11. The second-order valence-electron chi connectivity index (χ2n) is 2.92. The normalized spacial score (nSPS) is 12.5. The Hall–Kier alpha value is -1.22. The van der Waals surface area contributed by atoms with E-state index in [0.717, 1.165) is 0 Å². The van der Waals surface area contributed by atoms with Gasteiger partial charge in [0.05, 0.1) is 6.10 Å². The van der Waals surface area contributed by atoms with Crippen LogP contribution in [0.15, 0.2) is 18.2 Å². The van der Waals surface area contributed by atoms with Crippen LogP contribution < -0.4 is 0 Å². The van der Waals surface area contributed by atoms with Crippen molar-refractivity contribution >= 4 is 6.29 Å². The molecule has 0 aliphatic rings. The van der Waals surface area contributed by atoms with Crippen LogP contribution in [0, 0.1) is 12.7 Å². The molecule has 0 radical (unpaired) electrons. The van der Waals surface area contributed by atoms with Gasteiger partial charge in [-0.25, -0.2) is 4.39 Å². The number of aldehydes is 1. The molecule has 13 heavy (non-hydrogen) atoms. The molecular formula is C10H11FO2. The summed E-state index contributed by atoms with van der Waals surface area (Å²) >= 11 is 0. The quantitative estimate of drug-likeness (QED) is 0.723. The molecule has 0 aromatic heterocycles. The number of benzene rings is 1. The zero-order valence-electron chi connectivity index (χ0n) is 7.33. The van der Waals surface area contributed by atoms with Crippen molar-refractivity contribution < 1.29 is 14.3 Å². The third-order valence-electron chi connectivity index (χ3n) is 1.91. The minimum Gasteiger partial charge on any atom is -0.388 e. The third kappa shape index (κ3) is 2.36. The standard InChI is InChI=1S/C10H11FO2/c1-7-6-8(11)2-3-9(7)10(13)4-5-12/h2-3,5-6,10,13H,4H2,1H3. The summed E-state index contributed by atoms with van der Waals surface area (Å²) in [6.07, 6.45) is -0.127. The van der Waals surface area contributed by atoms with Crippen LogP contribution in [-0.2, 0) is 4.79 Å². The first-order valence-corrected chi connectivity index (χ1v) is 4.03. The average molecular weight is 182 g/mol. The fourth-order valence-electron chi connectivity index (χ4n) is 1.23. The maximum absolute atomic E-state index is 12.6. The number of carbonyl (C=O) groups excluding carboxylic acids is 1. The molecule has 0 bridgehead atoms. The summed E-state index contributed by atoms with van der Waals surface area (Å²) in [4.78, 5) is 10.1. The van der Waals surface area contributed by atoms with Crippen molar-refractivity contribution in [1.29, 1.82) is 0 Å². The first-order valence-electron chi connectivity index (χ1n) is 4.03. The van der Waals surface area contributed by atoms with E-state index in [2.05, 4.69) is 0 Å². The van der Waals surface area contributed by atoms with Crippen LogP contribution in [-0.4, -0.2) is 11.4 Å². The van der Waals surface area contributed by atoms with Crippen molar-refractivity contribution in [3.05, 3.63) is 35.1 Å². The van der Waals surface area contributed by atoms with Crippen LogP contribution in [0.5, 0.6) is 0 Å². The molecule has 1 unspecified atom stereocenters. The van der Waals surface area contributed by atoms with Gasteiger partial charge in [-0.3, -0.25) is 0 Å². The van der Waals surface area contributed by atoms with Gasteiger partial charge in [-0.2, -0.15) is 0 Å². The van der Waals surface area contributed by atoms with E-state index >= 15 is 0 Å². The highest BCUT2D eigenvalue weighted by molar-refractivity contribution is 5.51. The molecule has 70 valence electrons. The Morgan fingerprint density at radius 1 is 1.62 bits per heavy atom. The van der Waals surface area contributed by atoms with E-state index in [1.807, 2.05) is 0 Å². The third-order valence-corrected chi connectivity index (χ3v) is 1.91. The average Bonchev–Trinajstić information content (AvgIpc) is 2.04. The highest BCUT2D eigenvalue weighted by atomic mass is 19.1. The van der Waals surface area contributed by atoms with Crippen molar-refractivity contribution in [2.75, 3.05) is 0 Å². The predicted octanol–water partition coefficient (Wildman–Crippen LogP) is 1.76. The Kier molecular flexibility index (Phi) is 3.14. The molecule has 3 heteroatoms. The molecule has 0 aliphatic carbocycles. The fraction of sp³-hybridized carbons (Fsp3) is 0.300. The number of aliphatic hydroxyl groups is 1. The molecule has 0 saturated heterocycles. The highest BCUT2D eigenvalue weighted by Gasteiger charge is 2.09. The smallest absolute Gasteiger partial charge is 0.123 e. The van der Waals surface area contributed by atoms with Crippen molar-refractivity contribution in [2.45, 2.75) is 19.4 Å². The minimum atomic E-state index is -0.821. The Morgan fingerprint density at radius 3 is 2.85 bits per heavy atom. The molecule has 2 nitrogen and oxygen atoms in total. The van der Waals surface area contributed by atoms with E-state index < -0.39 is 6.10 Å². The minimum absolute atomic E-state index is 0.0481. The van der Waals surface area contributed by atoms with Crippen LogP contribution in [0.3, 0.4) is 0 Å². The number of aliphatic hydroxyl groups excluding tert-OH is 1. The molecule has 1 aromatic carbocycles. The molecular weight excluding hydrogens is 171 g/mol. The maximum Gasteiger partial charge on any atom is 0.123 e. The number of carbonyl (C=O) groups is 1. The molecule has 0 spiro atoms. The van der Waals surface area contributed by atoms with Gasteiger partial charge in [-0.15, -0.1) is 0 Å². The number of halogens is 1. The van der Waals surface area contributed by atoms with Gasteiger partial charge in [0.2, 0.25) is 0 Å². The Balaban J connectivity index is 2.94. The highest BCUT2D eigenvalue weighted by Crippen LogP contribution is 2.20. The first kappa shape index (κ1) is 9.86. The van der Waals surface area contributed by atoms with Gasteiger partial charge >= 0.3 is 0 Å². The second kappa shape index (κ2) is 4.14. The van der Waals surface area contributed by atoms with Gasteiger partial charge in [0, 0.05) is 6.42 Å². The van der Waals surface area contributed by atoms with Crippen LogP contribution >= 0.6 is 0 Å². The topological polar surface area (TPSA) is 37.3 Å². The number of rotatable bonds is 3. The monoisotopic (exact) mass is 182 g/mol. The number of hydrogen-bond donors (Lipinski definition) is 1. The second-order valence-corrected chi connectivity index (χ2v) is 2.92. The van der Waals surface area contributed by atoms with Gasteiger partial charge < -0.3 is 9.90 Å². The molecule has 1 N–H and O–H groups in total. The summed E-state index contributed by atoms with van der Waals surface area (Å²) < 4.78 is 12.6.